The number of carbonyl (C=O) groups is 1. The molecule has 0 aliphatic rings. The largest absolute Gasteiger partial charge is 0.463 e. The maximum Gasteiger partial charge on any atom is 0.432 e. The molecule has 1 aromatic carbocycles. The number of hydrogen-bond acceptors (Lipinski definition) is 3. The normalized spacial score (nSPS) is 12.4. The zero-order valence-electron chi connectivity index (χ0n) is 15.4. The Kier molecular flexibility index (Phi) is 4.37. The third-order valence-electron chi connectivity index (χ3n) is 5.37. The number of rotatable bonds is 4. The monoisotopic (exact) mass is 374 g/mol. The van der Waals surface area contributed by atoms with Crippen molar-refractivity contribution in [2.45, 2.75) is 38.5 Å². The average molecular weight is 374 g/mol. The molecule has 3 rings (SSSR count). The molecule has 0 saturated carbocycles. The van der Waals surface area contributed by atoms with Crippen LogP contribution in [0.15, 0.2) is 42.7 Å². The van der Waals surface area contributed by atoms with Crippen molar-refractivity contribution in [3.05, 3.63) is 65.7 Å². The summed E-state index contributed by atoms with van der Waals surface area (Å²) in [5.74, 6) is -1.36. The molecule has 0 atom stereocenters. The predicted octanol–water partition coefficient (Wildman–Crippen LogP) is 4.13. The summed E-state index contributed by atoms with van der Waals surface area (Å²) in [6.45, 7) is 7.80. The lowest BCUT2D eigenvalue weighted by atomic mass is 9.64. The first kappa shape index (κ1) is 18.8. The number of halogens is 2. The molecule has 2 heterocycles. The van der Waals surface area contributed by atoms with E-state index in [9.17, 15) is 13.6 Å². The lowest BCUT2D eigenvalue weighted by Gasteiger charge is -2.39. The quantitative estimate of drug-likeness (QED) is 0.745. The van der Waals surface area contributed by atoms with Crippen molar-refractivity contribution >= 4 is 6.09 Å². The van der Waals surface area contributed by atoms with Crippen LogP contribution in [0, 0.1) is 11.6 Å². The molecular weight excluding hydrogens is 354 g/mol. The molecule has 3 aromatic rings. The number of hydrogen-bond donors (Lipinski definition) is 1. The second-order valence-corrected chi connectivity index (χ2v) is 7.42. The highest BCUT2D eigenvalue weighted by Crippen LogP contribution is 2.42. The van der Waals surface area contributed by atoms with Gasteiger partial charge < -0.3 is 5.11 Å². The van der Waals surface area contributed by atoms with Gasteiger partial charge in [0, 0.05) is 29.3 Å². The molecule has 0 radical (unpaired) electrons. The highest BCUT2D eigenvalue weighted by Gasteiger charge is 2.43. The van der Waals surface area contributed by atoms with Crippen LogP contribution in [0.5, 0.6) is 0 Å². The third-order valence-corrected chi connectivity index (χ3v) is 5.37. The van der Waals surface area contributed by atoms with Gasteiger partial charge in [0.25, 0.3) is 0 Å². The summed E-state index contributed by atoms with van der Waals surface area (Å²) >= 11 is 0. The molecular formula is C19H20F2N4O2. The summed E-state index contributed by atoms with van der Waals surface area (Å²) in [6, 6.07) is 6.73. The van der Waals surface area contributed by atoms with E-state index >= 15 is 0 Å². The zero-order valence-corrected chi connectivity index (χ0v) is 15.4. The molecule has 0 bridgehead atoms. The van der Waals surface area contributed by atoms with Crippen molar-refractivity contribution in [1.29, 1.82) is 0 Å². The summed E-state index contributed by atoms with van der Waals surface area (Å²) in [5, 5.41) is 17.7. The van der Waals surface area contributed by atoms with Gasteiger partial charge in [-0.2, -0.15) is 14.9 Å². The average Bonchev–Trinajstić information content (AvgIpc) is 3.25. The summed E-state index contributed by atoms with van der Waals surface area (Å²) in [7, 11) is 0. The lowest BCUT2D eigenvalue weighted by Crippen LogP contribution is -2.41. The Morgan fingerprint density at radius 1 is 0.963 bits per heavy atom. The minimum absolute atomic E-state index is 0.145. The Bertz CT molecular complexity index is 1000. The third kappa shape index (κ3) is 3.11. The highest BCUT2D eigenvalue weighted by atomic mass is 19.1. The van der Waals surface area contributed by atoms with Crippen LogP contribution in [0.25, 0.3) is 5.69 Å². The standard InChI is InChI=1S/C19H20F2N4O2/c1-18(2,19(3,4)16-8-10-25(23-16)17(26)27)15-7-9-24(22-15)14-6-5-12(20)11-13(14)21/h5-11H,1-4H3,(H,26,27). The van der Waals surface area contributed by atoms with E-state index in [1.54, 1.807) is 18.3 Å². The molecule has 142 valence electrons. The number of benzene rings is 1. The van der Waals surface area contributed by atoms with Gasteiger partial charge in [0.1, 0.15) is 11.5 Å². The van der Waals surface area contributed by atoms with Crippen molar-refractivity contribution in [2.24, 2.45) is 0 Å². The maximum atomic E-state index is 14.1. The fourth-order valence-corrected chi connectivity index (χ4v) is 2.86. The summed E-state index contributed by atoms with van der Waals surface area (Å²) in [5.41, 5.74) is 0.269. The molecule has 0 fully saturated rings. The summed E-state index contributed by atoms with van der Waals surface area (Å²) in [4.78, 5) is 11.1. The van der Waals surface area contributed by atoms with E-state index in [0.29, 0.717) is 11.4 Å². The Morgan fingerprint density at radius 2 is 1.56 bits per heavy atom. The van der Waals surface area contributed by atoms with Gasteiger partial charge in [0.15, 0.2) is 5.82 Å². The smallest absolute Gasteiger partial charge is 0.432 e. The van der Waals surface area contributed by atoms with E-state index in [-0.39, 0.29) is 5.69 Å². The first-order valence-corrected chi connectivity index (χ1v) is 8.35. The SMILES string of the molecule is CC(C)(c1ccn(C(=O)O)n1)C(C)(C)c1ccn(-c2ccc(F)cc2F)n1. The maximum absolute atomic E-state index is 14.1. The van der Waals surface area contributed by atoms with Crippen molar-refractivity contribution in [3.8, 4) is 5.69 Å². The van der Waals surface area contributed by atoms with Gasteiger partial charge >= 0.3 is 6.09 Å². The minimum Gasteiger partial charge on any atom is -0.463 e. The van der Waals surface area contributed by atoms with E-state index in [0.717, 1.165) is 10.7 Å². The molecule has 0 amide bonds. The Labute approximate surface area is 155 Å². The van der Waals surface area contributed by atoms with Crippen LogP contribution in [0.3, 0.4) is 0 Å². The fraction of sp³-hybridized carbons (Fsp3) is 0.316. The molecule has 1 N–H and O–H groups in total. The van der Waals surface area contributed by atoms with Gasteiger partial charge in [0.2, 0.25) is 0 Å². The van der Waals surface area contributed by atoms with Gasteiger partial charge in [0.05, 0.1) is 11.4 Å². The molecule has 6 nitrogen and oxygen atoms in total. The van der Waals surface area contributed by atoms with Crippen LogP contribution < -0.4 is 0 Å². The van der Waals surface area contributed by atoms with Crippen LogP contribution >= 0.6 is 0 Å². The first-order chi connectivity index (χ1) is 12.5. The summed E-state index contributed by atoms with van der Waals surface area (Å²) in [6.07, 6.45) is 1.84. The molecule has 0 saturated heterocycles. The van der Waals surface area contributed by atoms with Crippen LogP contribution in [0.4, 0.5) is 13.6 Å². The van der Waals surface area contributed by atoms with E-state index in [4.69, 9.17) is 5.11 Å². The van der Waals surface area contributed by atoms with Gasteiger partial charge in [-0.15, -0.1) is 0 Å². The fourth-order valence-electron chi connectivity index (χ4n) is 2.86. The Morgan fingerprint density at radius 3 is 2.11 bits per heavy atom. The molecule has 8 heteroatoms. The van der Waals surface area contributed by atoms with E-state index in [1.807, 2.05) is 27.7 Å². The van der Waals surface area contributed by atoms with Crippen LogP contribution in [0.1, 0.15) is 39.1 Å². The predicted molar refractivity (Wildman–Crippen MR) is 95.2 cm³/mol. The number of carboxylic acid groups (broad SMARTS) is 1. The highest BCUT2D eigenvalue weighted by molar-refractivity contribution is 5.66. The minimum atomic E-state index is -1.16. The van der Waals surface area contributed by atoms with Gasteiger partial charge in [-0.05, 0) is 24.3 Å². The van der Waals surface area contributed by atoms with E-state index in [2.05, 4.69) is 10.2 Å². The van der Waals surface area contributed by atoms with Gasteiger partial charge in [-0.3, -0.25) is 0 Å². The van der Waals surface area contributed by atoms with Gasteiger partial charge in [-0.1, -0.05) is 27.7 Å². The second kappa shape index (κ2) is 6.29. The van der Waals surface area contributed by atoms with Crippen molar-refractivity contribution < 1.29 is 18.7 Å². The van der Waals surface area contributed by atoms with Crippen LogP contribution in [-0.2, 0) is 10.8 Å². The zero-order chi connectivity index (χ0) is 20.0. The lowest BCUT2D eigenvalue weighted by molar-refractivity contribution is 0.191. The molecule has 0 aliphatic carbocycles. The molecule has 2 aromatic heterocycles. The van der Waals surface area contributed by atoms with E-state index in [1.165, 1.54) is 23.0 Å². The molecule has 27 heavy (non-hydrogen) atoms. The number of aromatic nitrogens is 4. The van der Waals surface area contributed by atoms with E-state index < -0.39 is 28.6 Å². The number of nitrogens with zero attached hydrogens (tertiary/aromatic N) is 4. The molecule has 0 spiro atoms. The Hall–Kier alpha value is -3.03. The molecule has 0 unspecified atom stereocenters. The van der Waals surface area contributed by atoms with Crippen molar-refractivity contribution in [2.75, 3.05) is 0 Å². The van der Waals surface area contributed by atoms with Crippen LogP contribution in [-0.4, -0.2) is 30.8 Å². The van der Waals surface area contributed by atoms with Crippen molar-refractivity contribution in [3.63, 3.8) is 0 Å². The second-order valence-electron chi connectivity index (χ2n) is 7.42. The van der Waals surface area contributed by atoms with Gasteiger partial charge in [-0.25, -0.2) is 18.3 Å². The van der Waals surface area contributed by atoms with Crippen LogP contribution in [0.2, 0.25) is 0 Å². The first-order valence-electron chi connectivity index (χ1n) is 8.35. The topological polar surface area (TPSA) is 72.9 Å². The van der Waals surface area contributed by atoms with Crippen molar-refractivity contribution in [1.82, 2.24) is 19.6 Å². The molecule has 0 aliphatic heterocycles. The Balaban J connectivity index is 1.99. The summed E-state index contributed by atoms with van der Waals surface area (Å²) < 4.78 is 29.4.